The Bertz CT molecular complexity index is 2330. The van der Waals surface area contributed by atoms with Gasteiger partial charge in [-0.15, -0.1) is 0 Å². The van der Waals surface area contributed by atoms with Gasteiger partial charge in [0.15, 0.2) is 0 Å². The molecule has 274 valence electrons. The van der Waals surface area contributed by atoms with Gasteiger partial charge >= 0.3 is 0 Å². The Morgan fingerprint density at radius 2 is 1.44 bits per heavy atom. The third-order valence-corrected chi connectivity index (χ3v) is 11.9. The molecule has 0 amide bonds. The van der Waals surface area contributed by atoms with Crippen LogP contribution >= 0.6 is 0 Å². The van der Waals surface area contributed by atoms with Crippen LogP contribution in [0.4, 0.5) is 11.4 Å². The van der Waals surface area contributed by atoms with Crippen LogP contribution in [0.1, 0.15) is 87.0 Å². The van der Waals surface area contributed by atoms with Crippen molar-refractivity contribution < 1.29 is 0 Å². The van der Waals surface area contributed by atoms with Gasteiger partial charge in [-0.25, -0.2) is 0 Å². The number of anilines is 2. The van der Waals surface area contributed by atoms with Gasteiger partial charge in [0.2, 0.25) is 0 Å². The minimum Gasteiger partial charge on any atom is -0.340 e. The van der Waals surface area contributed by atoms with E-state index in [0.29, 0.717) is 5.92 Å². The lowest BCUT2D eigenvalue weighted by Crippen LogP contribution is -2.30. The summed E-state index contributed by atoms with van der Waals surface area (Å²) in [6.07, 6.45) is 22.0. The fraction of sp³-hybridized carbons (Fsp3) is 0.222. The molecule has 2 unspecified atom stereocenters. The summed E-state index contributed by atoms with van der Waals surface area (Å²) >= 11 is 0. The van der Waals surface area contributed by atoms with Crippen molar-refractivity contribution in [2.24, 2.45) is 0 Å². The molecule has 1 heterocycles. The van der Waals surface area contributed by atoms with Gasteiger partial charge in [-0.05, 0) is 113 Å². The molecule has 6 aromatic rings. The fourth-order valence-corrected chi connectivity index (χ4v) is 8.83. The Morgan fingerprint density at radius 3 is 2.22 bits per heavy atom. The summed E-state index contributed by atoms with van der Waals surface area (Å²) in [5.74, 6) is 0.366. The lowest BCUT2D eigenvalue weighted by atomic mass is 9.77. The van der Waals surface area contributed by atoms with Gasteiger partial charge in [0, 0.05) is 29.3 Å². The van der Waals surface area contributed by atoms with Crippen LogP contribution in [-0.2, 0) is 5.41 Å². The van der Waals surface area contributed by atoms with Crippen molar-refractivity contribution in [1.82, 2.24) is 0 Å². The van der Waals surface area contributed by atoms with Crippen LogP contribution in [0, 0.1) is 0 Å². The zero-order valence-corrected chi connectivity index (χ0v) is 32.5. The summed E-state index contributed by atoms with van der Waals surface area (Å²) in [7, 11) is 0. The largest absolute Gasteiger partial charge is 0.340 e. The van der Waals surface area contributed by atoms with Crippen LogP contribution in [-0.4, -0.2) is 6.54 Å². The van der Waals surface area contributed by atoms with Gasteiger partial charge in [-0.2, -0.15) is 0 Å². The molecule has 0 bridgehead atoms. The van der Waals surface area contributed by atoms with E-state index >= 15 is 0 Å². The average Bonchev–Trinajstić information content (AvgIpc) is 3.56. The van der Waals surface area contributed by atoms with Gasteiger partial charge in [-0.1, -0.05) is 184 Å². The van der Waals surface area contributed by atoms with E-state index in [1.807, 2.05) is 0 Å². The van der Waals surface area contributed by atoms with Crippen molar-refractivity contribution in [2.45, 2.75) is 70.1 Å². The molecule has 6 aromatic carbocycles. The van der Waals surface area contributed by atoms with Crippen LogP contribution in [0.15, 0.2) is 182 Å². The fourth-order valence-electron chi connectivity index (χ4n) is 8.83. The van der Waals surface area contributed by atoms with Crippen molar-refractivity contribution in [3.63, 3.8) is 0 Å². The van der Waals surface area contributed by atoms with E-state index in [9.17, 15) is 0 Å². The number of unbranched alkanes of at least 4 members (excludes halogenated alkanes) is 2. The van der Waals surface area contributed by atoms with Gasteiger partial charge in [-0.3, -0.25) is 0 Å². The Balaban J connectivity index is 1.06. The molecule has 8 rings (SSSR count). The van der Waals surface area contributed by atoms with Gasteiger partial charge in [0.1, 0.15) is 0 Å². The van der Waals surface area contributed by atoms with E-state index in [4.69, 9.17) is 0 Å². The Morgan fingerprint density at radius 1 is 0.709 bits per heavy atom. The third-order valence-electron chi connectivity index (χ3n) is 11.9. The van der Waals surface area contributed by atoms with Crippen molar-refractivity contribution in [2.75, 3.05) is 11.4 Å². The van der Waals surface area contributed by atoms with Crippen LogP contribution in [0.25, 0.3) is 33.0 Å². The lowest BCUT2D eigenvalue weighted by Gasteiger charge is -2.28. The number of rotatable bonds is 13. The summed E-state index contributed by atoms with van der Waals surface area (Å²) in [6, 6.07) is 54.1. The number of hydrogen-bond acceptors (Lipinski definition) is 1. The number of benzene rings is 6. The molecule has 1 spiro atoms. The molecule has 1 nitrogen and oxygen atoms in total. The minimum atomic E-state index is 0.0469. The lowest BCUT2D eigenvalue weighted by molar-refractivity contribution is 0.579. The van der Waals surface area contributed by atoms with Crippen LogP contribution in [0.5, 0.6) is 0 Å². The SMILES string of the molecule is CCCCC(/C=C(\CCC/C=C(\C)c1ccccc1)c1ccc(-c2ccc(N3CC4(C=CC=CC4)c4ccccc43)cc2)cc1)c1cccc2ccccc12. The first-order valence-electron chi connectivity index (χ1n) is 20.4. The molecule has 0 fully saturated rings. The highest BCUT2D eigenvalue weighted by Gasteiger charge is 2.40. The molecule has 0 saturated carbocycles. The van der Waals surface area contributed by atoms with Crippen molar-refractivity contribution in [3.05, 3.63) is 204 Å². The van der Waals surface area contributed by atoms with Gasteiger partial charge < -0.3 is 4.90 Å². The zero-order chi connectivity index (χ0) is 37.5. The van der Waals surface area contributed by atoms with Crippen molar-refractivity contribution in [3.8, 4) is 11.1 Å². The molecule has 2 aliphatic rings. The minimum absolute atomic E-state index is 0.0469. The molecule has 1 heteroatoms. The molecule has 0 N–H and O–H groups in total. The molecule has 1 aliphatic heterocycles. The van der Waals surface area contributed by atoms with Crippen molar-refractivity contribution in [1.29, 1.82) is 0 Å². The molecule has 2 atom stereocenters. The summed E-state index contributed by atoms with van der Waals surface area (Å²) in [6.45, 7) is 5.52. The van der Waals surface area contributed by atoms with Crippen molar-refractivity contribution >= 4 is 33.3 Å². The van der Waals surface area contributed by atoms with Gasteiger partial charge in [0.25, 0.3) is 0 Å². The van der Waals surface area contributed by atoms with Crippen LogP contribution < -0.4 is 4.90 Å². The molecular formula is C54H53N. The molecule has 0 saturated heterocycles. The van der Waals surface area contributed by atoms with E-state index in [1.54, 1.807) is 0 Å². The number of allylic oxidation sites excluding steroid dienone is 7. The maximum atomic E-state index is 2.62. The Labute approximate surface area is 329 Å². The number of fused-ring (bicyclic) bond motifs is 3. The molecular weight excluding hydrogens is 663 g/mol. The highest BCUT2D eigenvalue weighted by Crippen LogP contribution is 2.48. The summed E-state index contributed by atoms with van der Waals surface area (Å²) in [5.41, 5.74) is 13.5. The quantitative estimate of drug-likeness (QED) is 0.108. The van der Waals surface area contributed by atoms with E-state index < -0.39 is 0 Å². The summed E-state index contributed by atoms with van der Waals surface area (Å²) in [4.78, 5) is 2.50. The maximum Gasteiger partial charge on any atom is 0.0453 e. The third kappa shape index (κ3) is 7.94. The Hall–Kier alpha value is -5.66. The normalized spacial score (nSPS) is 17.2. The number of nitrogens with zero attached hydrogens (tertiary/aromatic N) is 1. The van der Waals surface area contributed by atoms with Crippen LogP contribution in [0.3, 0.4) is 0 Å². The first-order chi connectivity index (χ1) is 27.1. The van der Waals surface area contributed by atoms with E-state index in [0.717, 1.165) is 38.6 Å². The highest BCUT2D eigenvalue weighted by atomic mass is 15.2. The smallest absolute Gasteiger partial charge is 0.0453 e. The first-order valence-corrected chi connectivity index (χ1v) is 20.4. The number of para-hydroxylation sites is 1. The molecule has 0 radical (unpaired) electrons. The molecule has 55 heavy (non-hydrogen) atoms. The van der Waals surface area contributed by atoms with E-state index in [1.165, 1.54) is 79.5 Å². The molecule has 0 aromatic heterocycles. The average molecular weight is 716 g/mol. The standard InChI is InChI=1S/C54H53N/c1-3-4-19-48(51-26-17-24-46-22-11-12-25-50(46)51)39-47(23-10-9-18-41(2)42-20-7-5-8-21-42)45-31-29-43(30-32-45)44-33-35-49(36-34-44)55-40-54(37-15-6-16-38-54)52-27-13-14-28-53(52)55/h5-8,11-18,20-22,24-37,39,48H,3-4,9-10,19,23,38,40H2,1-2H3/b41-18+,47-39+. The Kier molecular flexibility index (Phi) is 11.1. The maximum absolute atomic E-state index is 2.62. The first kappa shape index (κ1) is 36.3. The second kappa shape index (κ2) is 16.8. The monoisotopic (exact) mass is 715 g/mol. The number of hydrogen-bond donors (Lipinski definition) is 0. The predicted octanol–water partition coefficient (Wildman–Crippen LogP) is 15.0. The second-order valence-corrected chi connectivity index (χ2v) is 15.5. The predicted molar refractivity (Wildman–Crippen MR) is 238 cm³/mol. The second-order valence-electron chi connectivity index (χ2n) is 15.5. The van der Waals surface area contributed by atoms with E-state index in [-0.39, 0.29) is 5.41 Å². The summed E-state index contributed by atoms with van der Waals surface area (Å²) < 4.78 is 0. The molecule has 1 aliphatic carbocycles. The van der Waals surface area contributed by atoms with Crippen LogP contribution in [0.2, 0.25) is 0 Å². The highest BCUT2D eigenvalue weighted by molar-refractivity contribution is 5.87. The van der Waals surface area contributed by atoms with Gasteiger partial charge in [0.05, 0.1) is 0 Å². The summed E-state index contributed by atoms with van der Waals surface area (Å²) in [5, 5.41) is 2.70. The topological polar surface area (TPSA) is 3.24 Å². The van der Waals surface area contributed by atoms with E-state index in [2.05, 4.69) is 201 Å². The zero-order valence-electron chi connectivity index (χ0n) is 32.5.